The van der Waals surface area contributed by atoms with E-state index in [-0.39, 0.29) is 24.8 Å². The van der Waals surface area contributed by atoms with Gasteiger partial charge in [0.05, 0.1) is 5.92 Å². The molecule has 1 aliphatic carbocycles. The van der Waals surface area contributed by atoms with Crippen molar-refractivity contribution in [2.24, 2.45) is 5.92 Å². The van der Waals surface area contributed by atoms with E-state index < -0.39 is 23.8 Å². The number of rotatable bonds is 5. The molecule has 2 amide bonds. The molecule has 2 fully saturated rings. The van der Waals surface area contributed by atoms with Crippen LogP contribution in [0.5, 0.6) is 0 Å². The third-order valence-electron chi connectivity index (χ3n) is 3.45. The standard InChI is InChI=1S/C13H16N2O4/c1-2-3-10(13(18)19)14-12(17)8-6-11(16)15(7-8)9-4-5-9/h1,8-10H,3-7H2,(H,14,17)(H,18,19). The first-order valence-electron chi connectivity index (χ1n) is 6.29. The van der Waals surface area contributed by atoms with E-state index in [1.54, 1.807) is 4.90 Å². The second kappa shape index (κ2) is 5.31. The minimum atomic E-state index is -1.16. The van der Waals surface area contributed by atoms with Gasteiger partial charge < -0.3 is 15.3 Å². The molecule has 2 atom stereocenters. The fourth-order valence-corrected chi connectivity index (χ4v) is 2.25. The Labute approximate surface area is 111 Å². The average molecular weight is 264 g/mol. The molecule has 2 N–H and O–H groups in total. The lowest BCUT2D eigenvalue weighted by molar-refractivity contribution is -0.142. The highest BCUT2D eigenvalue weighted by atomic mass is 16.4. The summed E-state index contributed by atoms with van der Waals surface area (Å²) in [5, 5.41) is 11.3. The first kappa shape index (κ1) is 13.4. The Balaban J connectivity index is 1.91. The number of aliphatic carboxylic acids is 1. The molecule has 0 spiro atoms. The Morgan fingerprint density at radius 2 is 2.21 bits per heavy atom. The molecule has 0 radical (unpaired) electrons. The van der Waals surface area contributed by atoms with Crippen molar-refractivity contribution in [1.29, 1.82) is 0 Å². The zero-order valence-corrected chi connectivity index (χ0v) is 10.5. The van der Waals surface area contributed by atoms with E-state index in [1.165, 1.54) is 0 Å². The molecule has 19 heavy (non-hydrogen) atoms. The molecule has 6 nitrogen and oxygen atoms in total. The van der Waals surface area contributed by atoms with Crippen LogP contribution in [0, 0.1) is 18.3 Å². The summed E-state index contributed by atoms with van der Waals surface area (Å²) in [7, 11) is 0. The van der Waals surface area contributed by atoms with Crippen LogP contribution >= 0.6 is 0 Å². The van der Waals surface area contributed by atoms with Crippen LogP contribution in [0.4, 0.5) is 0 Å². The second-order valence-corrected chi connectivity index (χ2v) is 4.99. The maximum Gasteiger partial charge on any atom is 0.327 e. The summed E-state index contributed by atoms with van der Waals surface area (Å²) >= 11 is 0. The molecule has 1 saturated heterocycles. The average Bonchev–Trinajstić information content (AvgIpc) is 3.11. The van der Waals surface area contributed by atoms with Crippen LogP contribution in [0.2, 0.25) is 0 Å². The Kier molecular flexibility index (Phi) is 3.74. The summed E-state index contributed by atoms with van der Waals surface area (Å²) in [4.78, 5) is 36.3. The van der Waals surface area contributed by atoms with Crippen molar-refractivity contribution < 1.29 is 19.5 Å². The third kappa shape index (κ3) is 3.05. The number of nitrogens with zero attached hydrogens (tertiary/aromatic N) is 1. The monoisotopic (exact) mass is 264 g/mol. The molecule has 6 heteroatoms. The van der Waals surface area contributed by atoms with Gasteiger partial charge in [0.2, 0.25) is 11.8 Å². The van der Waals surface area contributed by atoms with Crippen LogP contribution in [0.25, 0.3) is 0 Å². The second-order valence-electron chi connectivity index (χ2n) is 4.99. The van der Waals surface area contributed by atoms with Crippen LogP contribution in [0.15, 0.2) is 0 Å². The first-order valence-corrected chi connectivity index (χ1v) is 6.29. The summed E-state index contributed by atoms with van der Waals surface area (Å²) in [5.74, 6) is 0.170. The molecule has 2 aliphatic rings. The number of likely N-dealkylation sites (tertiary alicyclic amines) is 1. The SMILES string of the molecule is C#CCC(NC(=O)C1CC(=O)N(C2CC2)C1)C(=O)O. The smallest absolute Gasteiger partial charge is 0.327 e. The van der Waals surface area contributed by atoms with Gasteiger partial charge in [-0.1, -0.05) is 0 Å². The van der Waals surface area contributed by atoms with Gasteiger partial charge in [-0.3, -0.25) is 9.59 Å². The minimum Gasteiger partial charge on any atom is -0.480 e. The number of carbonyl (C=O) groups is 3. The molecule has 0 aromatic heterocycles. The van der Waals surface area contributed by atoms with Crippen molar-refractivity contribution in [2.45, 2.75) is 37.8 Å². The molecule has 1 heterocycles. The highest BCUT2D eigenvalue weighted by Crippen LogP contribution is 2.32. The number of amides is 2. The summed E-state index contributed by atoms with van der Waals surface area (Å²) in [6.45, 7) is 0.387. The quantitative estimate of drug-likeness (QED) is 0.661. The molecule has 0 bridgehead atoms. The molecule has 0 aromatic rings. The van der Waals surface area contributed by atoms with Crippen molar-refractivity contribution in [1.82, 2.24) is 10.2 Å². The van der Waals surface area contributed by atoms with Crippen molar-refractivity contribution in [3.63, 3.8) is 0 Å². The Hall–Kier alpha value is -2.03. The van der Waals surface area contributed by atoms with Crippen LogP contribution in [-0.4, -0.2) is 46.4 Å². The van der Waals surface area contributed by atoms with Crippen LogP contribution < -0.4 is 5.32 Å². The zero-order chi connectivity index (χ0) is 14.0. The van der Waals surface area contributed by atoms with Gasteiger partial charge in [0, 0.05) is 25.4 Å². The Bertz CT molecular complexity index is 450. The molecule has 102 valence electrons. The number of nitrogens with one attached hydrogen (secondary N) is 1. The van der Waals surface area contributed by atoms with Gasteiger partial charge in [-0.25, -0.2) is 4.79 Å². The van der Waals surface area contributed by atoms with E-state index in [9.17, 15) is 14.4 Å². The molecule has 2 rings (SSSR count). The highest BCUT2D eigenvalue weighted by Gasteiger charge is 2.42. The third-order valence-corrected chi connectivity index (χ3v) is 3.45. The first-order chi connectivity index (χ1) is 9.02. The van der Waals surface area contributed by atoms with Gasteiger partial charge in [-0.2, -0.15) is 0 Å². The van der Waals surface area contributed by atoms with Gasteiger partial charge in [0.1, 0.15) is 6.04 Å². The van der Waals surface area contributed by atoms with Crippen LogP contribution in [0.3, 0.4) is 0 Å². The summed E-state index contributed by atoms with van der Waals surface area (Å²) < 4.78 is 0. The molecular weight excluding hydrogens is 248 g/mol. The highest BCUT2D eigenvalue weighted by molar-refractivity contribution is 5.91. The minimum absolute atomic E-state index is 0.0218. The van der Waals surface area contributed by atoms with Crippen molar-refractivity contribution >= 4 is 17.8 Å². The van der Waals surface area contributed by atoms with E-state index >= 15 is 0 Å². The Morgan fingerprint density at radius 1 is 1.53 bits per heavy atom. The lowest BCUT2D eigenvalue weighted by Crippen LogP contribution is -2.44. The van der Waals surface area contributed by atoms with E-state index in [0.717, 1.165) is 12.8 Å². The number of carboxylic acid groups (broad SMARTS) is 1. The lowest BCUT2D eigenvalue weighted by atomic mass is 10.1. The van der Waals surface area contributed by atoms with Gasteiger partial charge >= 0.3 is 5.97 Å². The topological polar surface area (TPSA) is 86.7 Å². The van der Waals surface area contributed by atoms with Gasteiger partial charge in [-0.15, -0.1) is 12.3 Å². The maximum absolute atomic E-state index is 11.9. The summed E-state index contributed by atoms with van der Waals surface area (Å²) in [6.07, 6.45) is 7.15. The maximum atomic E-state index is 11.9. The predicted molar refractivity (Wildman–Crippen MR) is 65.9 cm³/mol. The number of carboxylic acids is 1. The van der Waals surface area contributed by atoms with Crippen LogP contribution in [0.1, 0.15) is 25.7 Å². The number of hydrogen-bond donors (Lipinski definition) is 2. The van der Waals surface area contributed by atoms with Crippen molar-refractivity contribution in [3.8, 4) is 12.3 Å². The van der Waals surface area contributed by atoms with E-state index in [2.05, 4.69) is 11.2 Å². The van der Waals surface area contributed by atoms with E-state index in [0.29, 0.717) is 6.54 Å². The molecule has 1 aliphatic heterocycles. The molecule has 2 unspecified atom stereocenters. The zero-order valence-electron chi connectivity index (χ0n) is 10.5. The lowest BCUT2D eigenvalue weighted by Gasteiger charge is -2.17. The van der Waals surface area contributed by atoms with Crippen molar-refractivity contribution in [2.75, 3.05) is 6.54 Å². The largest absolute Gasteiger partial charge is 0.480 e. The fraction of sp³-hybridized carbons (Fsp3) is 0.615. The summed E-state index contributed by atoms with van der Waals surface area (Å²) in [5.41, 5.74) is 0. The van der Waals surface area contributed by atoms with E-state index in [4.69, 9.17) is 11.5 Å². The predicted octanol–water partition coefficient (Wildman–Crippen LogP) is -0.410. The van der Waals surface area contributed by atoms with Crippen molar-refractivity contribution in [3.05, 3.63) is 0 Å². The number of hydrogen-bond acceptors (Lipinski definition) is 3. The van der Waals surface area contributed by atoms with Crippen LogP contribution in [-0.2, 0) is 14.4 Å². The summed E-state index contributed by atoms with van der Waals surface area (Å²) in [6, 6.07) is -0.797. The molecule has 0 aromatic carbocycles. The van der Waals surface area contributed by atoms with E-state index in [1.807, 2.05) is 0 Å². The normalized spacial score (nSPS) is 23.8. The molecular formula is C13H16N2O4. The fourth-order valence-electron chi connectivity index (χ4n) is 2.25. The number of carbonyl (C=O) groups excluding carboxylic acids is 2. The number of terminal acetylenes is 1. The van der Waals surface area contributed by atoms with Gasteiger partial charge in [0.15, 0.2) is 0 Å². The van der Waals surface area contributed by atoms with Gasteiger partial charge in [-0.05, 0) is 12.8 Å². The van der Waals surface area contributed by atoms with Gasteiger partial charge in [0.25, 0.3) is 0 Å². The molecule has 1 saturated carbocycles. The Morgan fingerprint density at radius 3 is 2.74 bits per heavy atom.